The van der Waals surface area contributed by atoms with Crippen molar-refractivity contribution in [2.45, 2.75) is 0 Å². The van der Waals surface area contributed by atoms with Crippen LogP contribution in [0.15, 0.2) is 11.4 Å². The molecule has 0 aliphatic rings. The summed E-state index contributed by atoms with van der Waals surface area (Å²) in [7, 11) is -0.812. The van der Waals surface area contributed by atoms with Crippen LogP contribution in [0.5, 0.6) is 0 Å². The molecule has 0 unspecified atom stereocenters. The second kappa shape index (κ2) is 3.45. The van der Waals surface area contributed by atoms with E-state index < -0.39 is 10.9 Å². The van der Waals surface area contributed by atoms with Gasteiger partial charge in [-0.15, -0.1) is 0 Å². The third-order valence-electron chi connectivity index (χ3n) is 0.138. The Bertz CT molecular complexity index is 34.6. The van der Waals surface area contributed by atoms with E-state index in [1.54, 1.807) is 0 Å². The number of rotatable bonds is 1. The topological polar surface area (TPSA) is 0 Å². The number of hydrogen-bond donors (Lipinski definition) is 0. The predicted octanol–water partition coefficient (Wildman–Crippen LogP) is 1.99. The second-order valence-electron chi connectivity index (χ2n) is 0.442. The first-order valence-electron chi connectivity index (χ1n) is 1.00. The Balaban J connectivity index is 2.83. The Kier molecular flexibility index (Phi) is 4.32. The fourth-order valence-electron chi connectivity index (χ4n) is 0. The Morgan fingerprint density at radius 1 is 1.60 bits per heavy atom. The fraction of sp³-hybridized carbons (Fsp3) is 0. The van der Waals surface area contributed by atoms with Crippen LogP contribution in [0.3, 0.4) is 0 Å². The zero-order valence-electron chi connectivity index (χ0n) is 2.49. The van der Waals surface area contributed by atoms with E-state index >= 15 is 0 Å². The average Bonchev–Trinajstić information content (AvgIpc) is 1.38. The zero-order valence-corrected chi connectivity index (χ0v) is 7.54. The molecule has 0 nitrogen and oxygen atoms in total. The van der Waals surface area contributed by atoms with Gasteiger partial charge in [0.15, 0.2) is 0 Å². The molecule has 0 aromatic rings. The molecule has 0 radical (unpaired) electrons. The Morgan fingerprint density at radius 3 is 1.80 bits per heavy atom. The molecule has 0 aromatic heterocycles. The third kappa shape index (κ3) is 5.26. The van der Waals surface area contributed by atoms with Crippen molar-refractivity contribution < 1.29 is 0 Å². The monoisotopic (exact) mass is 260 g/mol. The molecule has 0 heterocycles. The molecule has 30 valence electrons. The molecule has 0 saturated heterocycles. The molecular weight excluding hydrogens is 259 g/mol. The van der Waals surface area contributed by atoms with Gasteiger partial charge in [0.2, 0.25) is 0 Å². The molecule has 0 saturated carbocycles. The van der Waals surface area contributed by atoms with Crippen LogP contribution in [0.25, 0.3) is 0 Å². The molecule has 0 aliphatic heterocycles. The molecule has 0 N–H and O–H groups in total. The van der Waals surface area contributed by atoms with E-state index in [0.717, 1.165) is 0 Å². The molecule has 0 fully saturated rings. The summed E-state index contributed by atoms with van der Waals surface area (Å²) >= 11 is 6.64. The molecule has 3 heteroatoms. The van der Waals surface area contributed by atoms with Crippen LogP contribution < -0.4 is 0 Å². The van der Waals surface area contributed by atoms with E-state index in [4.69, 9.17) is 0 Å². The summed E-state index contributed by atoms with van der Waals surface area (Å²) in [4.78, 5) is 1.90. The maximum absolute atomic E-state index is 3.53. The quantitative estimate of drug-likeness (QED) is 0.634. The zero-order chi connectivity index (χ0) is 4.28. The summed E-state index contributed by atoms with van der Waals surface area (Å²) in [5.74, 6) is 0. The molecule has 0 atom stereocenters. The molecule has 0 rings (SSSR count). The summed E-state index contributed by atoms with van der Waals surface area (Å²) in [6.07, 6.45) is 0. The van der Waals surface area contributed by atoms with Gasteiger partial charge in [-0.3, -0.25) is 0 Å². The standard InChI is InChI=1S/C2H3AsBr2/c1-2-3(4)5/h2H,1H2. The Labute approximate surface area is 50.0 Å². The van der Waals surface area contributed by atoms with Crippen molar-refractivity contribution in [2.75, 3.05) is 0 Å². The van der Waals surface area contributed by atoms with E-state index in [-0.39, 0.29) is 0 Å². The van der Waals surface area contributed by atoms with E-state index in [2.05, 4.69) is 34.4 Å². The van der Waals surface area contributed by atoms with Gasteiger partial charge in [-0.05, 0) is 0 Å². The predicted molar refractivity (Wildman–Crippen MR) is 33.8 cm³/mol. The molecule has 5 heavy (non-hydrogen) atoms. The van der Waals surface area contributed by atoms with Crippen molar-refractivity contribution in [1.29, 1.82) is 0 Å². The average molecular weight is 262 g/mol. The van der Waals surface area contributed by atoms with E-state index in [0.29, 0.717) is 0 Å². The van der Waals surface area contributed by atoms with Gasteiger partial charge < -0.3 is 0 Å². The van der Waals surface area contributed by atoms with Gasteiger partial charge in [0.25, 0.3) is 0 Å². The summed E-state index contributed by atoms with van der Waals surface area (Å²) in [5.41, 5.74) is 0. The van der Waals surface area contributed by atoms with Gasteiger partial charge in [0, 0.05) is 0 Å². The Morgan fingerprint density at radius 2 is 1.80 bits per heavy atom. The van der Waals surface area contributed by atoms with Gasteiger partial charge in [-0.1, -0.05) is 0 Å². The summed E-state index contributed by atoms with van der Waals surface area (Å²) < 4.78 is 0. The van der Waals surface area contributed by atoms with E-state index in [1.807, 2.05) is 4.86 Å². The number of halogens is 2. The normalized spacial score (nSPS) is 8.60. The maximum atomic E-state index is 3.53. The SMILES string of the molecule is C=C[As](Br)Br. The van der Waals surface area contributed by atoms with Gasteiger partial charge in [0.05, 0.1) is 0 Å². The molecule has 0 bridgehead atoms. The van der Waals surface area contributed by atoms with Gasteiger partial charge in [0.1, 0.15) is 0 Å². The van der Waals surface area contributed by atoms with Gasteiger partial charge >= 0.3 is 50.2 Å². The summed E-state index contributed by atoms with van der Waals surface area (Å²) in [5, 5.41) is 0. The van der Waals surface area contributed by atoms with Crippen LogP contribution in [0.2, 0.25) is 0 Å². The first-order chi connectivity index (χ1) is 2.27. The van der Waals surface area contributed by atoms with Crippen molar-refractivity contribution in [3.8, 4) is 0 Å². The fourth-order valence-corrected chi connectivity index (χ4v) is 0. The summed E-state index contributed by atoms with van der Waals surface area (Å²) in [6, 6.07) is 0. The van der Waals surface area contributed by atoms with Crippen molar-refractivity contribution in [2.24, 2.45) is 0 Å². The van der Waals surface area contributed by atoms with E-state index in [9.17, 15) is 0 Å². The van der Waals surface area contributed by atoms with Gasteiger partial charge in [-0.25, -0.2) is 0 Å². The number of hydrogen-bond acceptors (Lipinski definition) is 0. The minimum absolute atomic E-state index is 0.812. The first kappa shape index (κ1) is 6.26. The first-order valence-corrected chi connectivity index (χ1v) is 10.9. The van der Waals surface area contributed by atoms with Crippen LogP contribution in [-0.4, -0.2) is 10.9 Å². The van der Waals surface area contributed by atoms with Crippen molar-refractivity contribution in [1.82, 2.24) is 0 Å². The van der Waals surface area contributed by atoms with Crippen LogP contribution in [0.4, 0.5) is 0 Å². The van der Waals surface area contributed by atoms with Gasteiger partial charge in [-0.2, -0.15) is 0 Å². The van der Waals surface area contributed by atoms with Crippen LogP contribution in [0.1, 0.15) is 0 Å². The summed E-state index contributed by atoms with van der Waals surface area (Å²) in [6.45, 7) is 3.53. The third-order valence-corrected chi connectivity index (χ3v) is 3.73. The minimum atomic E-state index is -0.812. The molecule has 0 aromatic carbocycles. The van der Waals surface area contributed by atoms with Crippen LogP contribution >= 0.6 is 27.9 Å². The Hall–Kier alpha value is 1.26. The van der Waals surface area contributed by atoms with Crippen molar-refractivity contribution in [3.05, 3.63) is 11.4 Å². The van der Waals surface area contributed by atoms with Crippen molar-refractivity contribution >= 4 is 38.8 Å². The molecular formula is C2H3AsBr2. The molecule has 0 spiro atoms. The van der Waals surface area contributed by atoms with E-state index in [1.165, 1.54) is 0 Å². The van der Waals surface area contributed by atoms with Crippen molar-refractivity contribution in [3.63, 3.8) is 0 Å². The van der Waals surface area contributed by atoms with Crippen LogP contribution in [0, 0.1) is 0 Å². The van der Waals surface area contributed by atoms with Crippen LogP contribution in [-0.2, 0) is 0 Å². The molecule has 0 aliphatic carbocycles. The molecule has 0 amide bonds. The second-order valence-corrected chi connectivity index (χ2v) is 15.2.